The molecule has 0 aliphatic carbocycles. The summed E-state index contributed by atoms with van der Waals surface area (Å²) in [4.78, 5) is 4.24. The number of rotatable bonds is 6. The minimum atomic E-state index is 0.280. The summed E-state index contributed by atoms with van der Waals surface area (Å²) in [6.45, 7) is 2.82. The highest BCUT2D eigenvalue weighted by atomic mass is 79.9. The predicted molar refractivity (Wildman–Crippen MR) is 70.5 cm³/mol. The van der Waals surface area contributed by atoms with Crippen molar-refractivity contribution in [3.63, 3.8) is 0 Å². The summed E-state index contributed by atoms with van der Waals surface area (Å²) in [6.07, 6.45) is 3.79. The molecule has 0 saturated heterocycles. The summed E-state index contributed by atoms with van der Waals surface area (Å²) in [5.41, 5.74) is 6.28. The lowest BCUT2D eigenvalue weighted by molar-refractivity contribution is 0.182. The van der Waals surface area contributed by atoms with E-state index in [1.54, 1.807) is 13.3 Å². The predicted octanol–water partition coefficient (Wildman–Crippen LogP) is 2.65. The van der Waals surface area contributed by atoms with Crippen molar-refractivity contribution in [2.45, 2.75) is 25.8 Å². The maximum atomic E-state index is 5.63. The Kier molecular flexibility index (Phi) is 5.55. The maximum Gasteiger partial charge on any atom is 0.140 e. The van der Waals surface area contributed by atoms with Crippen LogP contribution >= 0.6 is 15.9 Å². The molecule has 3 N–H and O–H groups in total. The van der Waals surface area contributed by atoms with Gasteiger partial charge in [-0.1, -0.05) is 13.3 Å². The fourth-order valence-corrected chi connectivity index (χ4v) is 1.98. The number of anilines is 2. The second-order valence-corrected chi connectivity index (χ2v) is 4.54. The summed E-state index contributed by atoms with van der Waals surface area (Å²) in [5.74, 6) is 0.810. The zero-order valence-corrected chi connectivity index (χ0v) is 11.3. The fourth-order valence-electron chi connectivity index (χ4n) is 1.50. The van der Waals surface area contributed by atoms with Gasteiger partial charge in [-0.2, -0.15) is 0 Å². The Morgan fingerprint density at radius 1 is 1.62 bits per heavy atom. The summed E-state index contributed by atoms with van der Waals surface area (Å²) in [5, 5.41) is 3.34. The molecule has 1 atom stereocenters. The van der Waals surface area contributed by atoms with Crippen molar-refractivity contribution in [2.75, 3.05) is 24.8 Å². The van der Waals surface area contributed by atoms with Crippen molar-refractivity contribution in [1.29, 1.82) is 0 Å². The molecular formula is C11H18BrN3O. The van der Waals surface area contributed by atoms with E-state index in [1.807, 2.05) is 6.07 Å². The van der Waals surface area contributed by atoms with Crippen LogP contribution in [0.25, 0.3) is 0 Å². The highest BCUT2D eigenvalue weighted by Gasteiger charge is 2.10. The molecule has 0 fully saturated rings. The molecule has 0 aliphatic heterocycles. The van der Waals surface area contributed by atoms with Gasteiger partial charge in [-0.25, -0.2) is 4.98 Å². The van der Waals surface area contributed by atoms with Gasteiger partial charge in [0.1, 0.15) is 5.82 Å². The van der Waals surface area contributed by atoms with Gasteiger partial charge in [0.15, 0.2) is 0 Å². The summed E-state index contributed by atoms with van der Waals surface area (Å²) >= 11 is 3.43. The zero-order valence-electron chi connectivity index (χ0n) is 9.66. The molecule has 1 heterocycles. The van der Waals surface area contributed by atoms with E-state index in [-0.39, 0.29) is 6.04 Å². The first-order valence-electron chi connectivity index (χ1n) is 5.33. The van der Waals surface area contributed by atoms with Crippen LogP contribution in [0.15, 0.2) is 16.7 Å². The molecule has 0 amide bonds. The largest absolute Gasteiger partial charge is 0.397 e. The second-order valence-electron chi connectivity index (χ2n) is 3.68. The molecular weight excluding hydrogens is 270 g/mol. The van der Waals surface area contributed by atoms with Gasteiger partial charge in [0.05, 0.1) is 29.0 Å². The highest BCUT2D eigenvalue weighted by Crippen LogP contribution is 2.23. The molecule has 0 bridgehead atoms. The normalized spacial score (nSPS) is 12.4. The van der Waals surface area contributed by atoms with E-state index in [9.17, 15) is 0 Å². The van der Waals surface area contributed by atoms with Crippen molar-refractivity contribution < 1.29 is 4.74 Å². The Balaban J connectivity index is 2.68. The molecule has 1 unspecified atom stereocenters. The lowest BCUT2D eigenvalue weighted by Gasteiger charge is -2.18. The van der Waals surface area contributed by atoms with Gasteiger partial charge < -0.3 is 15.8 Å². The molecule has 90 valence electrons. The third kappa shape index (κ3) is 3.98. The molecule has 5 heteroatoms. The third-order valence-corrected chi connectivity index (χ3v) is 2.81. The van der Waals surface area contributed by atoms with Crippen LogP contribution < -0.4 is 11.1 Å². The molecule has 0 spiro atoms. The topological polar surface area (TPSA) is 60.2 Å². The third-order valence-electron chi connectivity index (χ3n) is 2.21. The molecule has 1 rings (SSSR count). The van der Waals surface area contributed by atoms with Gasteiger partial charge in [0.25, 0.3) is 0 Å². The molecule has 0 aromatic carbocycles. The first-order chi connectivity index (χ1) is 7.67. The van der Waals surface area contributed by atoms with E-state index in [4.69, 9.17) is 10.5 Å². The highest BCUT2D eigenvalue weighted by molar-refractivity contribution is 9.10. The van der Waals surface area contributed by atoms with E-state index in [0.717, 1.165) is 23.1 Å². The van der Waals surface area contributed by atoms with E-state index >= 15 is 0 Å². The summed E-state index contributed by atoms with van der Waals surface area (Å²) in [7, 11) is 1.70. The van der Waals surface area contributed by atoms with Crippen LogP contribution in [0, 0.1) is 0 Å². The molecule has 0 saturated carbocycles. The van der Waals surface area contributed by atoms with Crippen LogP contribution in [-0.2, 0) is 4.74 Å². The molecule has 1 aromatic rings. The van der Waals surface area contributed by atoms with Crippen molar-refractivity contribution >= 4 is 27.4 Å². The minimum Gasteiger partial charge on any atom is -0.397 e. The summed E-state index contributed by atoms with van der Waals surface area (Å²) < 4.78 is 6.04. The van der Waals surface area contributed by atoms with Gasteiger partial charge >= 0.3 is 0 Å². The first-order valence-corrected chi connectivity index (χ1v) is 6.13. The smallest absolute Gasteiger partial charge is 0.140 e. The van der Waals surface area contributed by atoms with Crippen LogP contribution in [0.5, 0.6) is 0 Å². The van der Waals surface area contributed by atoms with E-state index in [1.165, 1.54) is 0 Å². The number of nitrogens with two attached hydrogens (primary N) is 1. The maximum absolute atomic E-state index is 5.63. The zero-order chi connectivity index (χ0) is 12.0. The van der Waals surface area contributed by atoms with Crippen LogP contribution in [0.2, 0.25) is 0 Å². The Morgan fingerprint density at radius 3 is 2.94 bits per heavy atom. The van der Waals surface area contributed by atoms with E-state index < -0.39 is 0 Å². The van der Waals surface area contributed by atoms with Crippen molar-refractivity contribution in [1.82, 2.24) is 4.98 Å². The number of nitrogen functional groups attached to an aromatic ring is 1. The minimum absolute atomic E-state index is 0.280. The van der Waals surface area contributed by atoms with Gasteiger partial charge in [-0.15, -0.1) is 0 Å². The number of aromatic nitrogens is 1. The van der Waals surface area contributed by atoms with E-state index in [0.29, 0.717) is 12.3 Å². The van der Waals surface area contributed by atoms with E-state index in [2.05, 4.69) is 33.2 Å². The Morgan fingerprint density at radius 2 is 2.38 bits per heavy atom. The molecule has 16 heavy (non-hydrogen) atoms. The lowest BCUT2D eigenvalue weighted by Crippen LogP contribution is -2.25. The quantitative estimate of drug-likeness (QED) is 0.845. The number of methoxy groups -OCH3 is 1. The van der Waals surface area contributed by atoms with Gasteiger partial charge in [-0.3, -0.25) is 0 Å². The van der Waals surface area contributed by atoms with Gasteiger partial charge in [0, 0.05) is 7.11 Å². The molecule has 0 radical (unpaired) electrons. The van der Waals surface area contributed by atoms with Crippen molar-refractivity contribution in [2.24, 2.45) is 0 Å². The number of ether oxygens (including phenoxy) is 1. The summed E-state index contributed by atoms with van der Waals surface area (Å²) in [6, 6.07) is 2.12. The number of pyridine rings is 1. The molecule has 0 aliphatic rings. The number of hydrogen-bond acceptors (Lipinski definition) is 4. The first kappa shape index (κ1) is 13.3. The van der Waals surface area contributed by atoms with Crippen LogP contribution in [-0.4, -0.2) is 24.7 Å². The average Bonchev–Trinajstić information content (AvgIpc) is 2.23. The molecule has 4 nitrogen and oxygen atoms in total. The van der Waals surface area contributed by atoms with Gasteiger partial charge in [0.2, 0.25) is 0 Å². The molecule has 1 aromatic heterocycles. The monoisotopic (exact) mass is 287 g/mol. The Labute approximate surface area is 105 Å². The Hall–Kier alpha value is -0.810. The van der Waals surface area contributed by atoms with Crippen molar-refractivity contribution in [3.05, 3.63) is 16.7 Å². The number of nitrogens with one attached hydrogen (secondary N) is 1. The van der Waals surface area contributed by atoms with Gasteiger partial charge in [-0.05, 0) is 28.4 Å². The number of hydrogen-bond donors (Lipinski definition) is 2. The lowest BCUT2D eigenvalue weighted by atomic mass is 10.2. The SMILES string of the molecule is CCCC(COC)Nc1ncc(N)cc1Br. The number of nitrogens with zero attached hydrogens (tertiary/aromatic N) is 1. The van der Waals surface area contributed by atoms with Crippen LogP contribution in [0.4, 0.5) is 11.5 Å². The van der Waals surface area contributed by atoms with Crippen LogP contribution in [0.1, 0.15) is 19.8 Å². The average molecular weight is 288 g/mol. The van der Waals surface area contributed by atoms with Crippen molar-refractivity contribution in [3.8, 4) is 0 Å². The van der Waals surface area contributed by atoms with Crippen LogP contribution in [0.3, 0.4) is 0 Å². The standard InChI is InChI=1S/C11H18BrN3O/c1-3-4-9(7-16-2)15-11-10(12)5-8(13)6-14-11/h5-6,9H,3-4,7,13H2,1-2H3,(H,14,15). The number of halogens is 1. The Bertz CT molecular complexity index is 327. The fraction of sp³-hybridized carbons (Fsp3) is 0.545. The second kappa shape index (κ2) is 6.70.